The quantitative estimate of drug-likeness (QED) is 0.395. The number of hydrogen-bond donors (Lipinski definition) is 1. The van der Waals surface area contributed by atoms with E-state index in [-0.39, 0.29) is 30.7 Å². The molecule has 2 aliphatic rings. The molecule has 2 heterocycles. The fourth-order valence-corrected chi connectivity index (χ4v) is 2.05. The van der Waals surface area contributed by atoms with Crippen LogP contribution in [0.15, 0.2) is 17.3 Å². The summed E-state index contributed by atoms with van der Waals surface area (Å²) in [6.07, 6.45) is 6.17. The van der Waals surface area contributed by atoms with Crippen LogP contribution in [0, 0.1) is 11.8 Å². The van der Waals surface area contributed by atoms with Crippen molar-refractivity contribution < 1.29 is 9.84 Å². The van der Waals surface area contributed by atoms with Crippen LogP contribution in [0.25, 0.3) is 0 Å². The Bertz CT molecular complexity index is 263. The van der Waals surface area contributed by atoms with Crippen molar-refractivity contribution in [3.8, 4) is 0 Å². The lowest BCUT2D eigenvalue weighted by Crippen LogP contribution is -2.28. The highest BCUT2D eigenvalue weighted by Crippen LogP contribution is 2.37. The molecule has 4 atom stereocenters. The van der Waals surface area contributed by atoms with Crippen molar-refractivity contribution in [2.45, 2.75) is 12.2 Å². The van der Waals surface area contributed by atoms with Gasteiger partial charge in [0.1, 0.15) is 0 Å². The first-order chi connectivity index (χ1) is 6.72. The third-order valence-corrected chi connectivity index (χ3v) is 2.78. The third-order valence-electron chi connectivity index (χ3n) is 2.78. The maximum atomic E-state index is 9.23. The summed E-state index contributed by atoms with van der Waals surface area (Å²) in [5.41, 5.74) is 0. The summed E-state index contributed by atoms with van der Waals surface area (Å²) in [7, 11) is 3.77. The number of hydrazone groups is 1. The van der Waals surface area contributed by atoms with E-state index in [0.717, 1.165) is 0 Å². The molecule has 2 aliphatic heterocycles. The number of hydrogen-bond acceptors (Lipinski definition) is 4. The van der Waals surface area contributed by atoms with E-state index >= 15 is 0 Å². The Balaban J connectivity index is 2.07. The van der Waals surface area contributed by atoms with Crippen LogP contribution in [0.1, 0.15) is 0 Å². The highest BCUT2D eigenvalue weighted by molar-refractivity contribution is 5.64. The van der Waals surface area contributed by atoms with Crippen LogP contribution in [-0.2, 0) is 4.74 Å². The van der Waals surface area contributed by atoms with Crippen molar-refractivity contribution >= 4 is 6.21 Å². The molecule has 0 amide bonds. The monoisotopic (exact) mass is 196 g/mol. The Hall–Kier alpha value is -0.870. The van der Waals surface area contributed by atoms with Gasteiger partial charge in [0, 0.05) is 38.8 Å². The zero-order valence-electron chi connectivity index (χ0n) is 8.50. The second-order valence-corrected chi connectivity index (χ2v) is 3.99. The number of aliphatic hydroxyl groups excluding tert-OH is 1. The second-order valence-electron chi connectivity index (χ2n) is 3.99. The minimum atomic E-state index is 0.0867. The molecular formula is C10H16N2O2. The first-order valence-electron chi connectivity index (χ1n) is 4.88. The maximum absolute atomic E-state index is 9.23. The van der Waals surface area contributed by atoms with Crippen LogP contribution in [0.4, 0.5) is 0 Å². The first-order valence-corrected chi connectivity index (χ1v) is 4.88. The van der Waals surface area contributed by atoms with E-state index < -0.39 is 0 Å². The predicted molar refractivity (Wildman–Crippen MR) is 54.0 cm³/mol. The minimum absolute atomic E-state index is 0.0867. The molecule has 4 unspecified atom stereocenters. The molecule has 4 heteroatoms. The topological polar surface area (TPSA) is 45.1 Å². The Morgan fingerprint density at radius 2 is 2.14 bits per heavy atom. The number of rotatable bonds is 3. The van der Waals surface area contributed by atoms with Gasteiger partial charge in [-0.05, 0) is 0 Å². The summed E-state index contributed by atoms with van der Waals surface area (Å²) in [5.74, 6) is 0.395. The molecule has 1 fully saturated rings. The first kappa shape index (κ1) is 9.68. The molecule has 0 saturated carbocycles. The van der Waals surface area contributed by atoms with Gasteiger partial charge in [0.15, 0.2) is 0 Å². The van der Waals surface area contributed by atoms with E-state index in [4.69, 9.17) is 4.74 Å². The zero-order chi connectivity index (χ0) is 10.1. The molecule has 1 saturated heterocycles. The van der Waals surface area contributed by atoms with E-state index in [9.17, 15) is 5.11 Å². The van der Waals surface area contributed by atoms with Crippen LogP contribution in [0.2, 0.25) is 0 Å². The second kappa shape index (κ2) is 3.71. The van der Waals surface area contributed by atoms with Crippen LogP contribution in [0.3, 0.4) is 0 Å². The highest BCUT2D eigenvalue weighted by atomic mass is 16.5. The van der Waals surface area contributed by atoms with Crippen molar-refractivity contribution in [3.05, 3.63) is 12.2 Å². The maximum Gasteiger partial charge on any atom is 0.0847 e. The molecule has 2 rings (SSSR count). The molecule has 0 aromatic rings. The largest absolute Gasteiger partial charge is 0.396 e. The summed E-state index contributed by atoms with van der Waals surface area (Å²) >= 11 is 0. The van der Waals surface area contributed by atoms with Crippen molar-refractivity contribution in [2.24, 2.45) is 16.9 Å². The van der Waals surface area contributed by atoms with Crippen LogP contribution in [-0.4, -0.2) is 49.2 Å². The molecule has 2 bridgehead atoms. The summed E-state index contributed by atoms with van der Waals surface area (Å²) in [4.78, 5) is 0. The Labute approximate surface area is 83.9 Å². The number of aliphatic hydroxyl groups is 1. The fourth-order valence-electron chi connectivity index (χ4n) is 2.05. The summed E-state index contributed by atoms with van der Waals surface area (Å²) in [6, 6.07) is 0. The summed E-state index contributed by atoms with van der Waals surface area (Å²) in [5, 5.41) is 15.2. The lowest BCUT2D eigenvalue weighted by atomic mass is 9.84. The van der Waals surface area contributed by atoms with Gasteiger partial charge >= 0.3 is 0 Å². The van der Waals surface area contributed by atoms with Gasteiger partial charge in [0.2, 0.25) is 0 Å². The van der Waals surface area contributed by atoms with Gasteiger partial charge in [-0.2, -0.15) is 5.10 Å². The predicted octanol–water partition coefficient (Wildman–Crippen LogP) is 0.0957. The lowest BCUT2D eigenvalue weighted by molar-refractivity contribution is 0.0946. The van der Waals surface area contributed by atoms with Crippen LogP contribution < -0.4 is 0 Å². The number of nitrogens with zero attached hydrogens (tertiary/aromatic N) is 2. The van der Waals surface area contributed by atoms with Crippen LogP contribution >= 0.6 is 0 Å². The highest BCUT2D eigenvalue weighted by Gasteiger charge is 2.44. The summed E-state index contributed by atoms with van der Waals surface area (Å²) < 4.78 is 5.64. The SMILES string of the molecule is CN(C)/N=C/C1C2C=CC(O2)C1CO. The molecule has 78 valence electrons. The molecule has 0 radical (unpaired) electrons. The van der Waals surface area contributed by atoms with Crippen molar-refractivity contribution in [1.82, 2.24) is 5.01 Å². The lowest BCUT2D eigenvalue weighted by Gasteiger charge is -2.19. The van der Waals surface area contributed by atoms with E-state index in [1.54, 1.807) is 5.01 Å². The van der Waals surface area contributed by atoms with Gasteiger partial charge in [0.05, 0.1) is 12.2 Å². The average molecular weight is 196 g/mol. The Morgan fingerprint density at radius 1 is 1.43 bits per heavy atom. The number of fused-ring (bicyclic) bond motifs is 2. The average Bonchev–Trinajstić information content (AvgIpc) is 2.72. The molecule has 0 aromatic heterocycles. The van der Waals surface area contributed by atoms with E-state index in [0.29, 0.717) is 0 Å². The molecule has 0 aliphatic carbocycles. The Morgan fingerprint density at radius 3 is 2.79 bits per heavy atom. The van der Waals surface area contributed by atoms with E-state index in [1.807, 2.05) is 26.4 Å². The minimum Gasteiger partial charge on any atom is -0.396 e. The van der Waals surface area contributed by atoms with Gasteiger partial charge in [-0.3, -0.25) is 0 Å². The molecule has 4 nitrogen and oxygen atoms in total. The zero-order valence-corrected chi connectivity index (χ0v) is 8.50. The number of ether oxygens (including phenoxy) is 1. The van der Waals surface area contributed by atoms with Crippen molar-refractivity contribution in [3.63, 3.8) is 0 Å². The Kier molecular flexibility index (Phi) is 2.56. The standard InChI is InChI=1S/C10H16N2O2/c1-12(2)11-5-7-8(6-13)10-4-3-9(7)14-10/h3-5,7-10,13H,6H2,1-2H3/b11-5+. The van der Waals surface area contributed by atoms with Crippen LogP contribution in [0.5, 0.6) is 0 Å². The summed E-state index contributed by atoms with van der Waals surface area (Å²) in [6.45, 7) is 0.162. The van der Waals surface area contributed by atoms with E-state index in [2.05, 4.69) is 11.2 Å². The molecule has 0 aromatic carbocycles. The molecule has 14 heavy (non-hydrogen) atoms. The third kappa shape index (κ3) is 1.55. The smallest absolute Gasteiger partial charge is 0.0847 e. The van der Waals surface area contributed by atoms with Gasteiger partial charge in [-0.15, -0.1) is 0 Å². The van der Waals surface area contributed by atoms with Gasteiger partial charge in [-0.1, -0.05) is 12.2 Å². The van der Waals surface area contributed by atoms with Gasteiger partial charge < -0.3 is 14.9 Å². The van der Waals surface area contributed by atoms with Crippen molar-refractivity contribution in [2.75, 3.05) is 20.7 Å². The van der Waals surface area contributed by atoms with E-state index in [1.165, 1.54) is 0 Å². The fraction of sp³-hybridized carbons (Fsp3) is 0.700. The van der Waals surface area contributed by atoms with Crippen molar-refractivity contribution in [1.29, 1.82) is 0 Å². The molecule has 0 spiro atoms. The normalized spacial score (nSPS) is 39.9. The molecule has 1 N–H and O–H groups in total. The molecular weight excluding hydrogens is 180 g/mol. The van der Waals surface area contributed by atoms with Gasteiger partial charge in [0.25, 0.3) is 0 Å². The van der Waals surface area contributed by atoms with Gasteiger partial charge in [-0.25, -0.2) is 0 Å².